The highest BCUT2D eigenvalue weighted by Crippen LogP contribution is 2.31. The lowest BCUT2D eigenvalue weighted by Gasteiger charge is -2.34. The summed E-state index contributed by atoms with van der Waals surface area (Å²) in [4.78, 5) is 11.0. The molecule has 0 aliphatic carbocycles. The smallest absolute Gasteiger partial charge is 0.225 e. The summed E-state index contributed by atoms with van der Waals surface area (Å²) >= 11 is 3.35. The Hall–Kier alpha value is -0.680. The Morgan fingerprint density at radius 3 is 2.40 bits per heavy atom. The maximum absolute atomic E-state index is 5.53. The number of nitrogens with zero attached hydrogens (tertiary/aromatic N) is 3. The highest BCUT2D eigenvalue weighted by atomic mass is 79.9. The van der Waals surface area contributed by atoms with Crippen LogP contribution >= 0.6 is 15.9 Å². The van der Waals surface area contributed by atoms with Crippen LogP contribution in [-0.2, 0) is 4.74 Å². The maximum atomic E-state index is 5.53. The van der Waals surface area contributed by atoms with E-state index in [0.717, 1.165) is 23.6 Å². The van der Waals surface area contributed by atoms with Crippen LogP contribution in [0.15, 0.2) is 16.9 Å². The zero-order valence-electron chi connectivity index (χ0n) is 8.27. The van der Waals surface area contributed by atoms with Gasteiger partial charge in [0.1, 0.15) is 0 Å². The monoisotopic (exact) mass is 269 g/mol. The summed E-state index contributed by atoms with van der Waals surface area (Å²) in [6, 6.07) is 0.954. The molecule has 3 rings (SSSR count). The van der Waals surface area contributed by atoms with Crippen molar-refractivity contribution in [3.63, 3.8) is 0 Å². The lowest BCUT2D eigenvalue weighted by Crippen LogP contribution is -2.46. The molecule has 2 saturated heterocycles. The number of rotatable bonds is 1. The van der Waals surface area contributed by atoms with E-state index in [1.165, 1.54) is 12.8 Å². The van der Waals surface area contributed by atoms with E-state index in [9.17, 15) is 0 Å². The molecule has 5 heteroatoms. The first kappa shape index (κ1) is 9.54. The molecule has 2 unspecified atom stereocenters. The van der Waals surface area contributed by atoms with E-state index >= 15 is 0 Å². The third-order valence-corrected chi connectivity index (χ3v) is 3.49. The maximum Gasteiger partial charge on any atom is 0.225 e. The Labute approximate surface area is 96.8 Å². The van der Waals surface area contributed by atoms with Gasteiger partial charge in [0.05, 0.1) is 29.8 Å². The molecule has 2 fully saturated rings. The SMILES string of the molecule is Brc1cnc(N2C3CCC2COC3)nc1. The van der Waals surface area contributed by atoms with Crippen LogP contribution in [0.3, 0.4) is 0 Å². The Bertz CT molecular complexity index is 340. The second-order valence-corrected chi connectivity index (χ2v) is 4.95. The normalized spacial score (nSPS) is 29.5. The second-order valence-electron chi connectivity index (χ2n) is 4.03. The quantitative estimate of drug-likeness (QED) is 0.777. The van der Waals surface area contributed by atoms with E-state index in [2.05, 4.69) is 30.8 Å². The lowest BCUT2D eigenvalue weighted by molar-refractivity contribution is 0.0897. The van der Waals surface area contributed by atoms with Crippen molar-refractivity contribution in [1.82, 2.24) is 9.97 Å². The minimum atomic E-state index is 0.477. The Morgan fingerprint density at radius 2 is 1.80 bits per heavy atom. The Morgan fingerprint density at radius 1 is 1.20 bits per heavy atom. The van der Waals surface area contributed by atoms with Gasteiger partial charge in [0.2, 0.25) is 5.95 Å². The topological polar surface area (TPSA) is 38.2 Å². The standard InChI is InChI=1S/C10H12BrN3O/c11-7-3-12-10(13-4-7)14-8-1-2-9(14)6-15-5-8/h3-4,8-9H,1-2,5-6H2. The zero-order chi connectivity index (χ0) is 10.3. The van der Waals surface area contributed by atoms with Crippen LogP contribution in [0.4, 0.5) is 5.95 Å². The van der Waals surface area contributed by atoms with Gasteiger partial charge >= 0.3 is 0 Å². The van der Waals surface area contributed by atoms with E-state index in [1.54, 1.807) is 12.4 Å². The molecule has 2 bridgehead atoms. The molecule has 0 aromatic carbocycles. The van der Waals surface area contributed by atoms with E-state index < -0.39 is 0 Å². The van der Waals surface area contributed by atoms with Crippen LogP contribution in [0.1, 0.15) is 12.8 Å². The molecule has 1 aromatic rings. The molecule has 4 nitrogen and oxygen atoms in total. The highest BCUT2D eigenvalue weighted by Gasteiger charge is 2.38. The summed E-state index contributed by atoms with van der Waals surface area (Å²) in [6.07, 6.45) is 6.00. The van der Waals surface area contributed by atoms with Gasteiger partial charge in [-0.15, -0.1) is 0 Å². The summed E-state index contributed by atoms with van der Waals surface area (Å²) < 4.78 is 6.45. The van der Waals surface area contributed by atoms with Crippen LogP contribution in [-0.4, -0.2) is 35.3 Å². The average molecular weight is 270 g/mol. The molecular formula is C10H12BrN3O. The summed E-state index contributed by atoms with van der Waals surface area (Å²) in [6.45, 7) is 1.63. The van der Waals surface area contributed by atoms with Gasteiger partial charge in [-0.3, -0.25) is 0 Å². The highest BCUT2D eigenvalue weighted by molar-refractivity contribution is 9.10. The number of fused-ring (bicyclic) bond motifs is 2. The second kappa shape index (κ2) is 3.72. The van der Waals surface area contributed by atoms with Crippen molar-refractivity contribution in [2.45, 2.75) is 24.9 Å². The van der Waals surface area contributed by atoms with Crippen molar-refractivity contribution >= 4 is 21.9 Å². The molecule has 2 atom stereocenters. The fraction of sp³-hybridized carbons (Fsp3) is 0.600. The van der Waals surface area contributed by atoms with Crippen LogP contribution in [0.25, 0.3) is 0 Å². The molecule has 15 heavy (non-hydrogen) atoms. The Kier molecular flexibility index (Phi) is 2.36. The van der Waals surface area contributed by atoms with Gasteiger partial charge in [-0.2, -0.15) is 0 Å². The molecule has 0 N–H and O–H groups in total. The van der Waals surface area contributed by atoms with Crippen molar-refractivity contribution in [1.29, 1.82) is 0 Å². The predicted octanol–water partition coefficient (Wildman–Crippen LogP) is 1.61. The fourth-order valence-electron chi connectivity index (χ4n) is 2.39. The molecule has 1 aromatic heterocycles. The number of hydrogen-bond acceptors (Lipinski definition) is 4. The first-order chi connectivity index (χ1) is 7.34. The number of morpholine rings is 1. The predicted molar refractivity (Wildman–Crippen MR) is 59.8 cm³/mol. The van der Waals surface area contributed by atoms with Gasteiger partial charge in [0, 0.05) is 12.4 Å². The molecule has 2 aliphatic rings. The number of ether oxygens (including phenoxy) is 1. The third-order valence-electron chi connectivity index (χ3n) is 3.08. The molecule has 3 heterocycles. The number of aromatic nitrogens is 2. The van der Waals surface area contributed by atoms with Gasteiger partial charge < -0.3 is 9.64 Å². The van der Waals surface area contributed by atoms with Crippen LogP contribution in [0, 0.1) is 0 Å². The van der Waals surface area contributed by atoms with Crippen molar-refractivity contribution in [3.8, 4) is 0 Å². The summed E-state index contributed by atoms with van der Waals surface area (Å²) in [5.74, 6) is 0.842. The molecule has 80 valence electrons. The van der Waals surface area contributed by atoms with Crippen molar-refractivity contribution in [3.05, 3.63) is 16.9 Å². The minimum Gasteiger partial charge on any atom is -0.377 e. The van der Waals surface area contributed by atoms with E-state index in [1.807, 2.05) is 0 Å². The summed E-state index contributed by atoms with van der Waals surface area (Å²) in [7, 11) is 0. The van der Waals surface area contributed by atoms with Crippen LogP contribution < -0.4 is 4.90 Å². The van der Waals surface area contributed by atoms with Crippen molar-refractivity contribution in [2.75, 3.05) is 18.1 Å². The van der Waals surface area contributed by atoms with E-state index in [-0.39, 0.29) is 0 Å². The molecule has 0 saturated carbocycles. The molecule has 0 spiro atoms. The Balaban J connectivity index is 1.90. The van der Waals surface area contributed by atoms with Gasteiger partial charge in [0.25, 0.3) is 0 Å². The fourth-order valence-corrected chi connectivity index (χ4v) is 2.60. The van der Waals surface area contributed by atoms with Crippen molar-refractivity contribution in [2.24, 2.45) is 0 Å². The van der Waals surface area contributed by atoms with E-state index in [4.69, 9.17) is 4.74 Å². The molecule has 0 amide bonds. The van der Waals surface area contributed by atoms with Gasteiger partial charge in [-0.1, -0.05) is 0 Å². The first-order valence-electron chi connectivity index (χ1n) is 5.18. The van der Waals surface area contributed by atoms with Crippen LogP contribution in [0.5, 0.6) is 0 Å². The number of anilines is 1. The number of hydrogen-bond donors (Lipinski definition) is 0. The molecular weight excluding hydrogens is 258 g/mol. The third kappa shape index (κ3) is 1.63. The van der Waals surface area contributed by atoms with Gasteiger partial charge in [-0.25, -0.2) is 9.97 Å². The van der Waals surface area contributed by atoms with E-state index in [0.29, 0.717) is 12.1 Å². The molecule has 0 radical (unpaired) electrons. The zero-order valence-corrected chi connectivity index (χ0v) is 9.85. The average Bonchev–Trinajstić information content (AvgIpc) is 2.51. The molecule has 2 aliphatic heterocycles. The van der Waals surface area contributed by atoms with Crippen LogP contribution in [0.2, 0.25) is 0 Å². The van der Waals surface area contributed by atoms with Crippen molar-refractivity contribution < 1.29 is 4.74 Å². The lowest BCUT2D eigenvalue weighted by atomic mass is 10.2. The first-order valence-corrected chi connectivity index (χ1v) is 5.97. The summed E-state index contributed by atoms with van der Waals surface area (Å²) in [5.41, 5.74) is 0. The van der Waals surface area contributed by atoms with Gasteiger partial charge in [-0.05, 0) is 28.8 Å². The summed E-state index contributed by atoms with van der Waals surface area (Å²) in [5, 5.41) is 0. The minimum absolute atomic E-state index is 0.477. The number of halogens is 1. The largest absolute Gasteiger partial charge is 0.377 e. The van der Waals surface area contributed by atoms with Gasteiger partial charge in [0.15, 0.2) is 0 Å².